The molecule has 1 aromatic heterocycles. The van der Waals surface area contributed by atoms with Crippen LogP contribution in [0.25, 0.3) is 0 Å². The van der Waals surface area contributed by atoms with Crippen LogP contribution in [-0.2, 0) is 4.79 Å². The van der Waals surface area contributed by atoms with Crippen molar-refractivity contribution in [3.8, 4) is 0 Å². The number of pyridine rings is 1. The lowest BCUT2D eigenvalue weighted by molar-refractivity contribution is -0.125. The molecule has 0 aliphatic heterocycles. The molecule has 1 heterocycles. The molecule has 0 atom stereocenters. The van der Waals surface area contributed by atoms with Crippen molar-refractivity contribution in [2.75, 3.05) is 18.4 Å². The van der Waals surface area contributed by atoms with E-state index in [9.17, 15) is 9.59 Å². The van der Waals surface area contributed by atoms with Gasteiger partial charge < -0.3 is 16.4 Å². The Labute approximate surface area is 125 Å². The number of rotatable bonds is 7. The van der Waals surface area contributed by atoms with Gasteiger partial charge in [0.25, 0.3) is 5.91 Å². The summed E-state index contributed by atoms with van der Waals surface area (Å²) in [6.07, 6.45) is 2.50. The summed E-state index contributed by atoms with van der Waals surface area (Å²) >= 11 is 0. The Kier molecular flexibility index (Phi) is 5.69. The summed E-state index contributed by atoms with van der Waals surface area (Å²) in [6, 6.07) is 1.84. The summed E-state index contributed by atoms with van der Waals surface area (Å²) in [5.74, 6) is -0.718. The number of carbonyl (C=O) groups is 2. The summed E-state index contributed by atoms with van der Waals surface area (Å²) in [4.78, 5) is 27.7. The third-order valence-electron chi connectivity index (χ3n) is 3.21. The Morgan fingerprint density at radius 2 is 2.05 bits per heavy atom. The fourth-order valence-electron chi connectivity index (χ4n) is 1.63. The lowest BCUT2D eigenvalue weighted by Crippen LogP contribution is -2.42. The minimum absolute atomic E-state index is 0.183. The van der Waals surface area contributed by atoms with E-state index < -0.39 is 11.3 Å². The van der Waals surface area contributed by atoms with E-state index in [1.54, 1.807) is 20.0 Å². The summed E-state index contributed by atoms with van der Waals surface area (Å²) < 4.78 is 0. The normalized spacial score (nSPS) is 11.0. The molecule has 0 unspecified atom stereocenters. The van der Waals surface area contributed by atoms with Crippen molar-refractivity contribution < 1.29 is 9.59 Å². The van der Waals surface area contributed by atoms with Crippen LogP contribution in [-0.4, -0.2) is 29.9 Å². The van der Waals surface area contributed by atoms with E-state index >= 15 is 0 Å². The number of hydrogen-bond donors (Lipinski definition) is 3. The lowest BCUT2D eigenvalue weighted by Gasteiger charge is -2.21. The van der Waals surface area contributed by atoms with Crippen LogP contribution >= 0.6 is 0 Å². The molecule has 0 spiro atoms. The minimum Gasteiger partial charge on any atom is -0.384 e. The highest BCUT2D eigenvalue weighted by Crippen LogP contribution is 2.17. The van der Waals surface area contributed by atoms with Crippen molar-refractivity contribution in [3.05, 3.63) is 23.5 Å². The maximum Gasteiger partial charge on any atom is 0.254 e. The number of amides is 2. The summed E-state index contributed by atoms with van der Waals surface area (Å²) in [5, 5.41) is 5.95. The SMILES string of the molecule is CCCNc1cc(C)ncc1C(=O)NCC(C)(C)C(N)=O. The predicted molar refractivity (Wildman–Crippen MR) is 83.1 cm³/mol. The third kappa shape index (κ3) is 4.73. The van der Waals surface area contributed by atoms with Crippen LogP contribution in [0.15, 0.2) is 12.3 Å². The van der Waals surface area contributed by atoms with Gasteiger partial charge in [-0.25, -0.2) is 0 Å². The zero-order valence-corrected chi connectivity index (χ0v) is 13.1. The van der Waals surface area contributed by atoms with Crippen LogP contribution in [0.5, 0.6) is 0 Å². The first-order valence-electron chi connectivity index (χ1n) is 7.06. The van der Waals surface area contributed by atoms with Gasteiger partial charge in [-0.15, -0.1) is 0 Å². The number of carbonyl (C=O) groups excluding carboxylic acids is 2. The Hall–Kier alpha value is -2.11. The van der Waals surface area contributed by atoms with Gasteiger partial charge in [-0.3, -0.25) is 14.6 Å². The Bertz CT molecular complexity index is 526. The first-order chi connectivity index (χ1) is 9.77. The highest BCUT2D eigenvalue weighted by Gasteiger charge is 2.26. The first kappa shape index (κ1) is 16.9. The van der Waals surface area contributed by atoms with Crippen LogP contribution in [0.1, 0.15) is 43.2 Å². The fraction of sp³-hybridized carbons (Fsp3) is 0.533. The molecule has 1 aromatic rings. The quantitative estimate of drug-likeness (QED) is 0.708. The van der Waals surface area contributed by atoms with Gasteiger partial charge in [-0.1, -0.05) is 6.92 Å². The van der Waals surface area contributed by atoms with E-state index in [-0.39, 0.29) is 12.5 Å². The zero-order chi connectivity index (χ0) is 16.0. The molecule has 0 saturated carbocycles. The number of aromatic nitrogens is 1. The molecule has 2 amide bonds. The minimum atomic E-state index is -0.787. The molecular formula is C15H24N4O2. The van der Waals surface area contributed by atoms with Gasteiger partial charge in [-0.2, -0.15) is 0 Å². The average Bonchev–Trinajstić information content (AvgIpc) is 2.42. The molecule has 0 bridgehead atoms. The molecule has 4 N–H and O–H groups in total. The van der Waals surface area contributed by atoms with E-state index in [2.05, 4.69) is 22.5 Å². The first-order valence-corrected chi connectivity index (χ1v) is 7.06. The van der Waals surface area contributed by atoms with E-state index in [1.807, 2.05) is 13.0 Å². The average molecular weight is 292 g/mol. The maximum atomic E-state index is 12.3. The molecule has 0 aromatic carbocycles. The molecule has 0 radical (unpaired) electrons. The van der Waals surface area contributed by atoms with Crippen LogP contribution in [0.4, 0.5) is 5.69 Å². The highest BCUT2D eigenvalue weighted by molar-refractivity contribution is 5.99. The topological polar surface area (TPSA) is 97.1 Å². The summed E-state index contributed by atoms with van der Waals surface area (Å²) in [7, 11) is 0. The molecule has 6 heteroatoms. The van der Waals surface area contributed by atoms with Gasteiger partial charge in [0, 0.05) is 25.0 Å². The third-order valence-corrected chi connectivity index (χ3v) is 3.21. The molecule has 0 aliphatic carbocycles. The predicted octanol–water partition coefficient (Wildman–Crippen LogP) is 1.45. The molecule has 6 nitrogen and oxygen atoms in total. The standard InChI is InChI=1S/C15H24N4O2/c1-5-6-17-12-7-10(2)18-8-11(12)13(20)19-9-15(3,4)14(16)21/h7-8H,5-6,9H2,1-4H3,(H2,16,21)(H,17,18)(H,19,20). The maximum absolute atomic E-state index is 12.3. The van der Waals surface area contributed by atoms with E-state index in [0.717, 1.165) is 24.3 Å². The van der Waals surface area contributed by atoms with Crippen molar-refractivity contribution >= 4 is 17.5 Å². The number of nitrogens with two attached hydrogens (primary N) is 1. The van der Waals surface area contributed by atoms with Crippen molar-refractivity contribution in [2.24, 2.45) is 11.1 Å². The number of hydrogen-bond acceptors (Lipinski definition) is 4. The van der Waals surface area contributed by atoms with Crippen LogP contribution in [0.2, 0.25) is 0 Å². The molecule has 1 rings (SSSR count). The van der Waals surface area contributed by atoms with Crippen LogP contribution in [0, 0.1) is 12.3 Å². The number of nitrogens with one attached hydrogen (secondary N) is 2. The Morgan fingerprint density at radius 1 is 1.38 bits per heavy atom. The van der Waals surface area contributed by atoms with Crippen molar-refractivity contribution in [1.29, 1.82) is 0 Å². The van der Waals surface area contributed by atoms with E-state index in [0.29, 0.717) is 5.56 Å². The molecular weight excluding hydrogens is 268 g/mol. The van der Waals surface area contributed by atoms with Gasteiger partial charge in [0.2, 0.25) is 5.91 Å². The smallest absolute Gasteiger partial charge is 0.254 e. The number of primary amides is 1. The Balaban J connectivity index is 2.84. The lowest BCUT2D eigenvalue weighted by atomic mass is 9.92. The molecule has 116 valence electrons. The van der Waals surface area contributed by atoms with Crippen LogP contribution in [0.3, 0.4) is 0 Å². The van der Waals surface area contributed by atoms with Gasteiger partial charge in [-0.05, 0) is 33.3 Å². The summed E-state index contributed by atoms with van der Waals surface area (Å²) in [5.41, 5.74) is 6.56. The molecule has 0 saturated heterocycles. The largest absolute Gasteiger partial charge is 0.384 e. The van der Waals surface area contributed by atoms with E-state index in [4.69, 9.17) is 5.73 Å². The van der Waals surface area contributed by atoms with Gasteiger partial charge in [0.15, 0.2) is 0 Å². The zero-order valence-electron chi connectivity index (χ0n) is 13.1. The summed E-state index contributed by atoms with van der Waals surface area (Å²) in [6.45, 7) is 8.27. The second-order valence-electron chi connectivity index (χ2n) is 5.73. The number of aryl methyl sites for hydroxylation is 1. The van der Waals surface area contributed by atoms with Gasteiger partial charge in [0.05, 0.1) is 16.7 Å². The van der Waals surface area contributed by atoms with Crippen molar-refractivity contribution in [2.45, 2.75) is 34.1 Å². The Morgan fingerprint density at radius 3 is 2.62 bits per heavy atom. The van der Waals surface area contributed by atoms with Crippen LogP contribution < -0.4 is 16.4 Å². The molecule has 0 aliphatic rings. The number of nitrogens with zero attached hydrogens (tertiary/aromatic N) is 1. The van der Waals surface area contributed by atoms with Gasteiger partial charge >= 0.3 is 0 Å². The highest BCUT2D eigenvalue weighted by atomic mass is 16.2. The number of anilines is 1. The fourth-order valence-corrected chi connectivity index (χ4v) is 1.63. The van der Waals surface area contributed by atoms with E-state index in [1.165, 1.54) is 0 Å². The molecule has 0 fully saturated rings. The van der Waals surface area contributed by atoms with Gasteiger partial charge in [0.1, 0.15) is 0 Å². The second-order valence-corrected chi connectivity index (χ2v) is 5.73. The van der Waals surface area contributed by atoms with Crippen molar-refractivity contribution in [1.82, 2.24) is 10.3 Å². The van der Waals surface area contributed by atoms with Crippen molar-refractivity contribution in [3.63, 3.8) is 0 Å². The molecule has 21 heavy (non-hydrogen) atoms. The second kappa shape index (κ2) is 7.06. The monoisotopic (exact) mass is 292 g/mol.